The molecule has 1 aliphatic rings. The third-order valence-corrected chi connectivity index (χ3v) is 4.51. The van der Waals surface area contributed by atoms with Crippen molar-refractivity contribution in [3.05, 3.63) is 35.4 Å². The van der Waals surface area contributed by atoms with E-state index in [2.05, 4.69) is 36.9 Å². The lowest BCUT2D eigenvalue weighted by atomic mass is 9.85. The number of unbranched alkanes of at least 4 members (excludes halogenated alkanes) is 2. The Hall–Kier alpha value is -0.860. The van der Waals surface area contributed by atoms with Gasteiger partial charge in [0, 0.05) is 6.04 Å². The summed E-state index contributed by atoms with van der Waals surface area (Å²) in [5, 5.41) is 10.7. The Labute approximate surface area is 123 Å². The molecular weight excluding hydrogens is 246 g/mol. The van der Waals surface area contributed by atoms with Crippen LogP contribution in [-0.2, 0) is 6.42 Å². The molecule has 0 fully saturated rings. The van der Waals surface area contributed by atoms with Gasteiger partial charge in [0.15, 0.2) is 0 Å². The fourth-order valence-corrected chi connectivity index (χ4v) is 3.27. The third kappa shape index (κ3) is 3.62. The molecule has 0 heterocycles. The predicted molar refractivity (Wildman–Crippen MR) is 84.9 cm³/mol. The first-order valence-corrected chi connectivity index (χ1v) is 8.27. The van der Waals surface area contributed by atoms with Crippen molar-refractivity contribution in [2.75, 3.05) is 13.1 Å². The van der Waals surface area contributed by atoms with Gasteiger partial charge in [0.1, 0.15) is 0 Å². The molecule has 1 aliphatic carbocycles. The first-order chi connectivity index (χ1) is 9.77. The Morgan fingerprint density at radius 2 is 1.75 bits per heavy atom. The zero-order chi connectivity index (χ0) is 14.4. The summed E-state index contributed by atoms with van der Waals surface area (Å²) in [5.74, 6) is 0. The molecule has 0 saturated carbocycles. The molecular formula is C18H29NO. The summed E-state index contributed by atoms with van der Waals surface area (Å²) in [6.45, 7) is 6.73. The highest BCUT2D eigenvalue weighted by molar-refractivity contribution is 5.32. The van der Waals surface area contributed by atoms with Crippen LogP contribution in [0.3, 0.4) is 0 Å². The molecule has 2 unspecified atom stereocenters. The van der Waals surface area contributed by atoms with E-state index in [9.17, 15) is 5.11 Å². The van der Waals surface area contributed by atoms with Gasteiger partial charge >= 0.3 is 0 Å². The fourth-order valence-electron chi connectivity index (χ4n) is 3.27. The number of aliphatic hydroxyl groups is 1. The number of nitrogens with zero attached hydrogens (tertiary/aromatic N) is 1. The van der Waals surface area contributed by atoms with Crippen LogP contribution < -0.4 is 0 Å². The van der Waals surface area contributed by atoms with E-state index in [0.29, 0.717) is 6.04 Å². The van der Waals surface area contributed by atoms with Gasteiger partial charge in [0.25, 0.3) is 0 Å². The molecule has 0 radical (unpaired) electrons. The van der Waals surface area contributed by atoms with Crippen LogP contribution in [0.4, 0.5) is 0 Å². The van der Waals surface area contributed by atoms with Crippen LogP contribution in [0, 0.1) is 0 Å². The van der Waals surface area contributed by atoms with Gasteiger partial charge in [-0.3, -0.25) is 4.90 Å². The van der Waals surface area contributed by atoms with Crippen molar-refractivity contribution >= 4 is 0 Å². The van der Waals surface area contributed by atoms with Crippen LogP contribution in [0.5, 0.6) is 0 Å². The van der Waals surface area contributed by atoms with E-state index in [-0.39, 0.29) is 6.10 Å². The van der Waals surface area contributed by atoms with Crippen LogP contribution in [0.15, 0.2) is 24.3 Å². The Morgan fingerprint density at radius 1 is 1.10 bits per heavy atom. The lowest BCUT2D eigenvalue weighted by molar-refractivity contribution is 0.0342. The number of aliphatic hydroxyl groups excluding tert-OH is 1. The highest BCUT2D eigenvalue weighted by atomic mass is 16.3. The van der Waals surface area contributed by atoms with Crippen molar-refractivity contribution in [2.45, 2.75) is 64.5 Å². The minimum atomic E-state index is -0.311. The third-order valence-electron chi connectivity index (χ3n) is 4.51. The van der Waals surface area contributed by atoms with Crippen LogP contribution in [0.2, 0.25) is 0 Å². The molecule has 2 rings (SSSR count). The number of fused-ring (bicyclic) bond motifs is 1. The lowest BCUT2D eigenvalue weighted by Gasteiger charge is -2.38. The molecule has 20 heavy (non-hydrogen) atoms. The van der Waals surface area contributed by atoms with Crippen molar-refractivity contribution in [1.82, 2.24) is 4.90 Å². The van der Waals surface area contributed by atoms with Crippen LogP contribution in [-0.4, -0.2) is 29.1 Å². The summed E-state index contributed by atoms with van der Waals surface area (Å²) < 4.78 is 0. The van der Waals surface area contributed by atoms with Crippen molar-refractivity contribution in [1.29, 1.82) is 0 Å². The zero-order valence-electron chi connectivity index (χ0n) is 13.0. The van der Waals surface area contributed by atoms with Gasteiger partial charge in [0.05, 0.1) is 6.10 Å². The second-order valence-electron chi connectivity index (χ2n) is 5.99. The van der Waals surface area contributed by atoms with E-state index in [1.165, 1.54) is 31.2 Å². The maximum absolute atomic E-state index is 10.7. The number of hydrogen-bond acceptors (Lipinski definition) is 2. The number of aryl methyl sites for hydroxylation is 1. The minimum absolute atomic E-state index is 0.308. The monoisotopic (exact) mass is 275 g/mol. The quantitative estimate of drug-likeness (QED) is 0.815. The summed E-state index contributed by atoms with van der Waals surface area (Å²) in [6, 6.07) is 8.70. The predicted octanol–water partition coefficient (Wildman–Crippen LogP) is 3.94. The van der Waals surface area contributed by atoms with Crippen molar-refractivity contribution in [2.24, 2.45) is 0 Å². The van der Waals surface area contributed by atoms with Gasteiger partial charge in [-0.25, -0.2) is 0 Å². The van der Waals surface area contributed by atoms with Crippen molar-refractivity contribution < 1.29 is 5.11 Å². The number of benzene rings is 1. The first-order valence-electron chi connectivity index (χ1n) is 8.27. The van der Waals surface area contributed by atoms with E-state index in [0.717, 1.165) is 31.5 Å². The van der Waals surface area contributed by atoms with Crippen molar-refractivity contribution in [3.8, 4) is 0 Å². The van der Waals surface area contributed by atoms with E-state index in [1.807, 2.05) is 6.07 Å². The van der Waals surface area contributed by atoms with E-state index < -0.39 is 0 Å². The van der Waals surface area contributed by atoms with E-state index in [4.69, 9.17) is 0 Å². The van der Waals surface area contributed by atoms with E-state index >= 15 is 0 Å². The summed E-state index contributed by atoms with van der Waals surface area (Å²) in [4.78, 5) is 2.54. The topological polar surface area (TPSA) is 23.5 Å². The molecule has 0 amide bonds. The van der Waals surface area contributed by atoms with Gasteiger partial charge in [-0.05, 0) is 49.9 Å². The molecule has 0 bridgehead atoms. The summed E-state index contributed by atoms with van der Waals surface area (Å²) in [5.41, 5.74) is 2.49. The molecule has 112 valence electrons. The Kier molecular flexibility index (Phi) is 6.06. The molecule has 0 aliphatic heterocycles. The van der Waals surface area contributed by atoms with Gasteiger partial charge < -0.3 is 5.11 Å². The van der Waals surface area contributed by atoms with Crippen LogP contribution >= 0.6 is 0 Å². The fraction of sp³-hybridized carbons (Fsp3) is 0.667. The SMILES string of the molecule is CCCCN(CCCC)C1CCc2ccccc2C1O. The molecule has 0 spiro atoms. The first kappa shape index (κ1) is 15.5. The highest BCUT2D eigenvalue weighted by Gasteiger charge is 2.31. The molecule has 2 atom stereocenters. The average Bonchev–Trinajstić information content (AvgIpc) is 2.49. The Morgan fingerprint density at radius 3 is 2.40 bits per heavy atom. The maximum Gasteiger partial charge on any atom is 0.0947 e. The second kappa shape index (κ2) is 7.80. The standard InChI is InChI=1S/C18H29NO/c1-3-5-13-19(14-6-4-2)17-12-11-15-9-7-8-10-16(15)18(17)20/h7-10,17-18,20H,3-6,11-14H2,1-2H3. The molecule has 1 aromatic rings. The Balaban J connectivity index is 2.09. The minimum Gasteiger partial charge on any atom is -0.387 e. The smallest absolute Gasteiger partial charge is 0.0947 e. The molecule has 1 aromatic carbocycles. The van der Waals surface area contributed by atoms with Crippen molar-refractivity contribution in [3.63, 3.8) is 0 Å². The molecule has 0 saturated heterocycles. The van der Waals surface area contributed by atoms with Gasteiger partial charge in [0.2, 0.25) is 0 Å². The number of rotatable bonds is 7. The summed E-state index contributed by atoms with van der Waals surface area (Å²) in [6.07, 6.45) is 6.79. The second-order valence-corrected chi connectivity index (χ2v) is 5.99. The average molecular weight is 275 g/mol. The van der Waals surface area contributed by atoms with Crippen LogP contribution in [0.25, 0.3) is 0 Å². The molecule has 2 nitrogen and oxygen atoms in total. The summed E-state index contributed by atoms with van der Waals surface area (Å²) in [7, 11) is 0. The zero-order valence-corrected chi connectivity index (χ0v) is 13.0. The summed E-state index contributed by atoms with van der Waals surface area (Å²) >= 11 is 0. The van der Waals surface area contributed by atoms with Crippen LogP contribution in [0.1, 0.15) is 63.2 Å². The van der Waals surface area contributed by atoms with Gasteiger partial charge in [-0.15, -0.1) is 0 Å². The lowest BCUT2D eigenvalue weighted by Crippen LogP contribution is -2.43. The van der Waals surface area contributed by atoms with Gasteiger partial charge in [-0.2, -0.15) is 0 Å². The normalized spacial score (nSPS) is 22.0. The van der Waals surface area contributed by atoms with Gasteiger partial charge in [-0.1, -0.05) is 51.0 Å². The van der Waals surface area contributed by atoms with E-state index in [1.54, 1.807) is 0 Å². The molecule has 2 heteroatoms. The Bertz CT molecular complexity index is 396. The largest absolute Gasteiger partial charge is 0.387 e. The maximum atomic E-state index is 10.7. The molecule has 0 aromatic heterocycles. The highest BCUT2D eigenvalue weighted by Crippen LogP contribution is 2.33. The number of hydrogen-bond donors (Lipinski definition) is 1. The molecule has 1 N–H and O–H groups in total.